The molecule has 3 rings (SSSR count). The first-order chi connectivity index (χ1) is 8.42. The quantitative estimate of drug-likeness (QED) is 0.839. The lowest BCUT2D eigenvalue weighted by Gasteiger charge is -2.28. The second-order valence-electron chi connectivity index (χ2n) is 5.46. The van der Waals surface area contributed by atoms with Crippen LogP contribution in [-0.4, -0.2) is 36.7 Å². The van der Waals surface area contributed by atoms with Gasteiger partial charge in [0.15, 0.2) is 5.17 Å². The van der Waals surface area contributed by atoms with E-state index < -0.39 is 0 Å². The van der Waals surface area contributed by atoms with Crippen molar-refractivity contribution in [1.82, 2.24) is 5.32 Å². The van der Waals surface area contributed by atoms with Crippen LogP contribution in [0.15, 0.2) is 4.99 Å². The average molecular weight is 254 g/mol. The summed E-state index contributed by atoms with van der Waals surface area (Å²) in [5.74, 6) is 2.94. The van der Waals surface area contributed by atoms with Gasteiger partial charge in [-0.2, -0.15) is 0 Å². The van der Waals surface area contributed by atoms with Gasteiger partial charge in [0.05, 0.1) is 0 Å². The van der Waals surface area contributed by atoms with Crippen molar-refractivity contribution >= 4 is 16.9 Å². The molecular weight excluding hydrogens is 232 g/mol. The van der Waals surface area contributed by atoms with Crippen LogP contribution in [0.2, 0.25) is 0 Å². The van der Waals surface area contributed by atoms with Crippen molar-refractivity contribution in [3.8, 4) is 0 Å². The highest BCUT2D eigenvalue weighted by atomic mass is 32.2. The van der Waals surface area contributed by atoms with E-state index in [0.717, 1.165) is 37.6 Å². The first kappa shape index (κ1) is 11.8. The number of amidine groups is 1. The number of thioether (sulfide) groups is 1. The van der Waals surface area contributed by atoms with E-state index in [9.17, 15) is 0 Å². The molecule has 1 saturated carbocycles. The average Bonchev–Trinajstić information content (AvgIpc) is 2.98. The molecule has 17 heavy (non-hydrogen) atoms. The largest absolute Gasteiger partial charge is 0.381 e. The van der Waals surface area contributed by atoms with E-state index in [4.69, 9.17) is 9.73 Å². The lowest BCUT2D eigenvalue weighted by atomic mass is 10.1. The zero-order chi connectivity index (χ0) is 11.5. The fourth-order valence-electron chi connectivity index (χ4n) is 3.06. The lowest BCUT2D eigenvalue weighted by Crippen LogP contribution is -2.41. The minimum absolute atomic E-state index is 0.727. The van der Waals surface area contributed by atoms with Gasteiger partial charge in [0.25, 0.3) is 0 Å². The molecule has 4 heteroatoms. The van der Waals surface area contributed by atoms with E-state index in [1.165, 1.54) is 43.0 Å². The molecule has 2 heterocycles. The van der Waals surface area contributed by atoms with E-state index in [2.05, 4.69) is 5.32 Å². The normalized spacial score (nSPS) is 39.3. The van der Waals surface area contributed by atoms with Crippen LogP contribution in [0.4, 0.5) is 0 Å². The van der Waals surface area contributed by atoms with Crippen LogP contribution in [0.3, 0.4) is 0 Å². The molecule has 3 atom stereocenters. The van der Waals surface area contributed by atoms with Crippen molar-refractivity contribution in [2.75, 3.05) is 25.5 Å². The molecule has 0 aromatic rings. The van der Waals surface area contributed by atoms with Crippen LogP contribution in [0, 0.1) is 11.8 Å². The summed E-state index contributed by atoms with van der Waals surface area (Å²) < 4.78 is 5.39. The molecule has 3 aliphatic rings. The van der Waals surface area contributed by atoms with Gasteiger partial charge in [-0.15, -0.1) is 0 Å². The smallest absolute Gasteiger partial charge is 0.156 e. The monoisotopic (exact) mass is 254 g/mol. The van der Waals surface area contributed by atoms with Crippen molar-refractivity contribution in [3.05, 3.63) is 0 Å². The Morgan fingerprint density at radius 1 is 1.35 bits per heavy atom. The molecule has 2 aliphatic heterocycles. The first-order valence-corrected chi connectivity index (χ1v) is 7.92. The van der Waals surface area contributed by atoms with Crippen LogP contribution in [-0.2, 0) is 4.74 Å². The number of ether oxygens (including phenoxy) is 1. The Balaban J connectivity index is 1.44. The summed E-state index contributed by atoms with van der Waals surface area (Å²) in [7, 11) is 0. The van der Waals surface area contributed by atoms with Crippen molar-refractivity contribution in [3.63, 3.8) is 0 Å². The second-order valence-corrected chi connectivity index (χ2v) is 6.47. The summed E-state index contributed by atoms with van der Waals surface area (Å²) in [6.07, 6.45) is 6.59. The molecule has 0 radical (unpaired) electrons. The molecule has 96 valence electrons. The number of aliphatic imine (C=N–C) groups is 1. The van der Waals surface area contributed by atoms with Gasteiger partial charge in [0, 0.05) is 31.6 Å². The highest BCUT2D eigenvalue weighted by Crippen LogP contribution is 2.32. The first-order valence-electron chi connectivity index (χ1n) is 6.93. The summed E-state index contributed by atoms with van der Waals surface area (Å²) in [6, 6.07) is 0.727. The van der Waals surface area contributed by atoms with Crippen molar-refractivity contribution < 1.29 is 4.74 Å². The highest BCUT2D eigenvalue weighted by Gasteiger charge is 2.31. The summed E-state index contributed by atoms with van der Waals surface area (Å²) in [5.41, 5.74) is 0. The number of nitrogens with one attached hydrogen (secondary N) is 1. The molecular formula is C13H22N2OS. The Bertz CT molecular complexity index is 289. The minimum Gasteiger partial charge on any atom is -0.381 e. The number of fused-ring (bicyclic) bond motifs is 1. The summed E-state index contributed by atoms with van der Waals surface area (Å²) in [5, 5.41) is 4.82. The Morgan fingerprint density at radius 3 is 3.24 bits per heavy atom. The van der Waals surface area contributed by atoms with Crippen LogP contribution in [0.1, 0.15) is 32.1 Å². The van der Waals surface area contributed by atoms with Crippen molar-refractivity contribution in [1.29, 1.82) is 0 Å². The molecule has 1 aliphatic carbocycles. The maximum absolute atomic E-state index is 5.39. The molecule has 0 spiro atoms. The van der Waals surface area contributed by atoms with Gasteiger partial charge in [0.1, 0.15) is 0 Å². The zero-order valence-corrected chi connectivity index (χ0v) is 11.2. The fraction of sp³-hybridized carbons (Fsp3) is 0.923. The molecule has 1 N–H and O–H groups in total. The molecule has 3 unspecified atom stereocenters. The molecule has 0 aromatic heterocycles. The van der Waals surface area contributed by atoms with Gasteiger partial charge < -0.3 is 10.1 Å². The summed E-state index contributed by atoms with van der Waals surface area (Å²) in [6.45, 7) is 2.88. The SMILES string of the molecule is C1CC2CSC(=NCCC3CCOC3)NC2C1. The van der Waals surface area contributed by atoms with Gasteiger partial charge in [-0.25, -0.2) is 0 Å². The van der Waals surface area contributed by atoms with Gasteiger partial charge in [-0.3, -0.25) is 4.99 Å². The maximum atomic E-state index is 5.39. The molecule has 0 amide bonds. The Hall–Kier alpha value is -0.220. The summed E-state index contributed by atoms with van der Waals surface area (Å²) >= 11 is 1.93. The predicted molar refractivity (Wildman–Crippen MR) is 72.6 cm³/mol. The summed E-state index contributed by atoms with van der Waals surface area (Å²) in [4.78, 5) is 4.72. The molecule has 0 aromatic carbocycles. The van der Waals surface area contributed by atoms with Gasteiger partial charge in [-0.1, -0.05) is 18.2 Å². The number of rotatable bonds is 3. The third-order valence-electron chi connectivity index (χ3n) is 4.22. The number of hydrogen-bond acceptors (Lipinski definition) is 3. The highest BCUT2D eigenvalue weighted by molar-refractivity contribution is 8.13. The standard InChI is InChI=1S/C13H22N2OS/c1-2-11-9-17-13(15-12(11)3-1)14-6-4-10-5-7-16-8-10/h10-12H,1-9H2,(H,14,15). The maximum Gasteiger partial charge on any atom is 0.156 e. The lowest BCUT2D eigenvalue weighted by molar-refractivity contribution is 0.184. The van der Waals surface area contributed by atoms with E-state index in [-0.39, 0.29) is 0 Å². The zero-order valence-electron chi connectivity index (χ0n) is 10.4. The third-order valence-corrected chi connectivity index (χ3v) is 5.33. The van der Waals surface area contributed by atoms with Crippen LogP contribution in [0.25, 0.3) is 0 Å². The third kappa shape index (κ3) is 2.97. The van der Waals surface area contributed by atoms with E-state index >= 15 is 0 Å². The van der Waals surface area contributed by atoms with Gasteiger partial charge in [0.2, 0.25) is 0 Å². The Morgan fingerprint density at radius 2 is 2.35 bits per heavy atom. The van der Waals surface area contributed by atoms with E-state index in [1.54, 1.807) is 0 Å². The molecule has 0 bridgehead atoms. The Kier molecular flexibility index (Phi) is 3.91. The van der Waals surface area contributed by atoms with E-state index in [1.807, 2.05) is 11.8 Å². The predicted octanol–water partition coefficient (Wildman–Crippen LogP) is 2.27. The van der Waals surface area contributed by atoms with Gasteiger partial charge >= 0.3 is 0 Å². The van der Waals surface area contributed by atoms with Gasteiger partial charge in [-0.05, 0) is 37.5 Å². The molecule has 3 nitrogen and oxygen atoms in total. The second kappa shape index (κ2) is 5.61. The molecule has 3 fully saturated rings. The topological polar surface area (TPSA) is 33.6 Å². The number of hydrogen-bond donors (Lipinski definition) is 1. The van der Waals surface area contributed by atoms with Crippen molar-refractivity contribution in [2.24, 2.45) is 16.8 Å². The minimum atomic E-state index is 0.727. The van der Waals surface area contributed by atoms with Crippen molar-refractivity contribution in [2.45, 2.75) is 38.1 Å². The molecule has 2 saturated heterocycles. The van der Waals surface area contributed by atoms with Crippen LogP contribution in [0.5, 0.6) is 0 Å². The Labute approximate surface area is 108 Å². The van der Waals surface area contributed by atoms with Crippen LogP contribution >= 0.6 is 11.8 Å². The van der Waals surface area contributed by atoms with Crippen LogP contribution < -0.4 is 5.32 Å². The fourth-order valence-corrected chi connectivity index (χ4v) is 4.25. The number of nitrogens with zero attached hydrogens (tertiary/aromatic N) is 1. The van der Waals surface area contributed by atoms with E-state index in [0.29, 0.717) is 0 Å².